The number of carbonyl (C=O) groups excluding carboxylic acids is 1. The van der Waals surface area contributed by atoms with Gasteiger partial charge in [-0.25, -0.2) is 4.98 Å². The Morgan fingerprint density at radius 1 is 1.45 bits per heavy atom. The third-order valence-electron chi connectivity index (χ3n) is 2.60. The number of thiazole rings is 1. The first-order valence-corrected chi connectivity index (χ1v) is 9.35. The number of nitrogens with zero attached hydrogens (tertiary/aromatic N) is 1. The average Bonchev–Trinajstić information content (AvgIpc) is 3.05. The van der Waals surface area contributed by atoms with Crippen LogP contribution in [0.15, 0.2) is 33.3 Å². The van der Waals surface area contributed by atoms with Crippen molar-refractivity contribution in [2.24, 2.45) is 5.73 Å². The second-order valence-electron chi connectivity index (χ2n) is 5.65. The lowest BCUT2D eigenvalue weighted by atomic mass is 10.1. The highest BCUT2D eigenvalue weighted by Crippen LogP contribution is 2.32. The number of nitrogens with two attached hydrogens (primary N) is 1. The first kappa shape index (κ1) is 17.2. The number of thiophene rings is 1. The second-order valence-corrected chi connectivity index (χ2v) is 8.74. The molecular weight excluding hydrogens is 334 g/mol. The molecule has 0 bridgehead atoms. The van der Waals surface area contributed by atoms with E-state index in [1.54, 1.807) is 29.2 Å². The lowest BCUT2D eigenvalue weighted by Crippen LogP contribution is -2.35. The number of hydrogen-bond acceptors (Lipinski definition) is 6. The number of carbonyl (C=O) groups is 1. The van der Waals surface area contributed by atoms with E-state index in [0.717, 1.165) is 21.5 Å². The van der Waals surface area contributed by atoms with Gasteiger partial charge in [0.25, 0.3) is 5.91 Å². The normalized spacial score (nSPS) is 12.1. The number of rotatable bonds is 6. The summed E-state index contributed by atoms with van der Waals surface area (Å²) in [7, 11) is 0. The van der Waals surface area contributed by atoms with E-state index in [-0.39, 0.29) is 5.54 Å². The maximum absolute atomic E-state index is 11.1. The van der Waals surface area contributed by atoms with Gasteiger partial charge in [0.05, 0.1) is 15.4 Å². The summed E-state index contributed by atoms with van der Waals surface area (Å²) in [6, 6.07) is 3.63. The maximum Gasteiger partial charge on any atom is 0.258 e. The summed E-state index contributed by atoms with van der Waals surface area (Å²) in [5.41, 5.74) is 6.29. The van der Waals surface area contributed by atoms with Crippen molar-refractivity contribution in [3.63, 3.8) is 0 Å². The van der Waals surface area contributed by atoms with Gasteiger partial charge in [-0.1, -0.05) is 17.8 Å². The predicted octanol–water partition coefficient (Wildman–Crippen LogP) is 3.96. The van der Waals surface area contributed by atoms with Gasteiger partial charge in [-0.3, -0.25) is 4.79 Å². The number of thioether (sulfide) groups is 1. The quantitative estimate of drug-likeness (QED) is 0.771. The lowest BCUT2D eigenvalue weighted by molar-refractivity contribution is 0.100. The predicted molar refractivity (Wildman–Crippen MR) is 96.7 cm³/mol. The van der Waals surface area contributed by atoms with E-state index in [9.17, 15) is 4.79 Å². The lowest BCUT2D eigenvalue weighted by Gasteiger charge is -2.18. The molecule has 0 aliphatic heterocycles. The van der Waals surface area contributed by atoms with E-state index in [0.29, 0.717) is 4.88 Å². The Morgan fingerprint density at radius 2 is 2.23 bits per heavy atom. The zero-order valence-electron chi connectivity index (χ0n) is 12.8. The third kappa shape index (κ3) is 5.24. The molecule has 0 atom stereocenters. The summed E-state index contributed by atoms with van der Waals surface area (Å²) >= 11 is 4.57. The smallest absolute Gasteiger partial charge is 0.258 e. The second kappa shape index (κ2) is 7.41. The molecule has 0 aromatic carbocycles. The monoisotopic (exact) mass is 353 g/mol. The van der Waals surface area contributed by atoms with Crippen LogP contribution in [-0.2, 0) is 0 Å². The molecule has 0 unspecified atom stereocenters. The average molecular weight is 354 g/mol. The van der Waals surface area contributed by atoms with Gasteiger partial charge in [-0.2, -0.15) is 0 Å². The molecular formula is C15H19N3OS3. The summed E-state index contributed by atoms with van der Waals surface area (Å²) in [4.78, 5) is 17.2. The van der Waals surface area contributed by atoms with Gasteiger partial charge in [-0.15, -0.1) is 22.7 Å². The topological polar surface area (TPSA) is 68.0 Å². The van der Waals surface area contributed by atoms with Gasteiger partial charge in [-0.05, 0) is 38.3 Å². The van der Waals surface area contributed by atoms with Crippen molar-refractivity contribution < 1.29 is 4.79 Å². The van der Waals surface area contributed by atoms with Gasteiger partial charge in [0.15, 0.2) is 4.34 Å². The molecule has 2 heterocycles. The molecule has 1 amide bonds. The van der Waals surface area contributed by atoms with E-state index in [4.69, 9.17) is 5.73 Å². The fourth-order valence-electron chi connectivity index (χ4n) is 1.55. The van der Waals surface area contributed by atoms with Crippen LogP contribution < -0.4 is 11.1 Å². The number of hydrogen-bond donors (Lipinski definition) is 2. The van der Waals surface area contributed by atoms with Gasteiger partial charge < -0.3 is 11.1 Å². The summed E-state index contributed by atoms with van der Waals surface area (Å²) in [6.07, 6.45) is 2.09. The first-order chi connectivity index (χ1) is 10.3. The summed E-state index contributed by atoms with van der Waals surface area (Å²) in [6.45, 7) is 7.26. The molecule has 0 radical (unpaired) electrons. The zero-order chi connectivity index (χ0) is 16.2. The standard InChI is InChI=1S/C15H19N3OS3/c1-15(2,3)17-7-4-8-20-14-18-10(9-21-14)11-5-6-12(22-11)13(16)19/h4-6,8-9,17H,7H2,1-3H3,(H2,16,19)/b8-4-. The SMILES string of the molecule is CC(C)(C)NC/C=C\Sc1nc(-c2ccc(C(N)=O)s2)cs1. The van der Waals surface area contributed by atoms with Gasteiger partial charge in [0.1, 0.15) is 0 Å². The molecule has 0 aliphatic rings. The molecule has 0 fully saturated rings. The molecule has 4 nitrogen and oxygen atoms in total. The van der Waals surface area contributed by atoms with Crippen LogP contribution >= 0.6 is 34.4 Å². The van der Waals surface area contributed by atoms with Crippen LogP contribution in [0.5, 0.6) is 0 Å². The largest absolute Gasteiger partial charge is 0.365 e. The molecule has 118 valence electrons. The highest BCUT2D eigenvalue weighted by atomic mass is 32.2. The highest BCUT2D eigenvalue weighted by Gasteiger charge is 2.10. The summed E-state index contributed by atoms with van der Waals surface area (Å²) < 4.78 is 0.982. The highest BCUT2D eigenvalue weighted by molar-refractivity contribution is 8.03. The minimum atomic E-state index is -0.393. The number of aromatic nitrogens is 1. The molecule has 2 rings (SSSR count). The van der Waals surface area contributed by atoms with E-state index in [2.05, 4.69) is 37.1 Å². The Kier molecular flexibility index (Phi) is 5.80. The van der Waals surface area contributed by atoms with Crippen molar-refractivity contribution in [1.29, 1.82) is 0 Å². The molecule has 0 aliphatic carbocycles. The molecule has 0 spiro atoms. The Balaban J connectivity index is 1.91. The van der Waals surface area contributed by atoms with Crippen molar-refractivity contribution >= 4 is 40.3 Å². The third-order valence-corrected chi connectivity index (χ3v) is 5.55. The van der Waals surface area contributed by atoms with Gasteiger partial charge >= 0.3 is 0 Å². The Labute approximate surface area is 142 Å². The van der Waals surface area contributed by atoms with E-state index in [1.165, 1.54) is 11.3 Å². The molecule has 3 N–H and O–H groups in total. The Morgan fingerprint density at radius 3 is 2.86 bits per heavy atom. The van der Waals surface area contributed by atoms with E-state index < -0.39 is 5.91 Å². The zero-order valence-corrected chi connectivity index (χ0v) is 15.2. The van der Waals surface area contributed by atoms with Gasteiger partial charge in [0.2, 0.25) is 0 Å². The molecule has 2 aromatic rings. The fraction of sp³-hybridized carbons (Fsp3) is 0.333. The van der Waals surface area contributed by atoms with Crippen molar-refractivity contribution in [2.45, 2.75) is 30.6 Å². The summed E-state index contributed by atoms with van der Waals surface area (Å²) in [5.74, 6) is -0.393. The number of primary amides is 1. The van der Waals surface area contributed by atoms with Crippen LogP contribution in [0.4, 0.5) is 0 Å². The number of nitrogens with one attached hydrogen (secondary N) is 1. The number of amides is 1. The fourth-order valence-corrected chi connectivity index (χ4v) is 3.98. The van der Waals surface area contributed by atoms with Crippen molar-refractivity contribution in [2.75, 3.05) is 6.54 Å². The molecule has 7 heteroatoms. The van der Waals surface area contributed by atoms with Crippen LogP contribution in [0, 0.1) is 0 Å². The van der Waals surface area contributed by atoms with Crippen molar-refractivity contribution in [3.8, 4) is 10.6 Å². The minimum absolute atomic E-state index is 0.126. The van der Waals surface area contributed by atoms with Crippen molar-refractivity contribution in [3.05, 3.63) is 33.9 Å². The molecule has 2 aromatic heterocycles. The Hall–Kier alpha value is -1.15. The van der Waals surface area contributed by atoms with Crippen LogP contribution in [-0.4, -0.2) is 23.0 Å². The van der Waals surface area contributed by atoms with Gasteiger partial charge in [0, 0.05) is 17.5 Å². The maximum atomic E-state index is 11.1. The van der Waals surface area contributed by atoms with E-state index >= 15 is 0 Å². The molecule has 22 heavy (non-hydrogen) atoms. The van der Waals surface area contributed by atoms with Crippen LogP contribution in [0.3, 0.4) is 0 Å². The molecule has 0 saturated carbocycles. The van der Waals surface area contributed by atoms with Crippen LogP contribution in [0.25, 0.3) is 10.6 Å². The van der Waals surface area contributed by atoms with Crippen LogP contribution in [0.1, 0.15) is 30.4 Å². The molecule has 0 saturated heterocycles. The van der Waals surface area contributed by atoms with E-state index in [1.807, 2.05) is 16.9 Å². The first-order valence-electron chi connectivity index (χ1n) is 6.77. The summed E-state index contributed by atoms with van der Waals surface area (Å²) in [5, 5.41) is 7.44. The van der Waals surface area contributed by atoms with Crippen molar-refractivity contribution in [1.82, 2.24) is 10.3 Å². The Bertz CT molecular complexity index is 668. The minimum Gasteiger partial charge on any atom is -0.365 e. The van der Waals surface area contributed by atoms with Crippen LogP contribution in [0.2, 0.25) is 0 Å².